The number of benzene rings is 2. The quantitative estimate of drug-likeness (QED) is 0.494. The van der Waals surface area contributed by atoms with Crippen LogP contribution in [0, 0.1) is 35.5 Å². The fourth-order valence-corrected chi connectivity index (χ4v) is 6.55. The number of carbonyl (C=O) groups is 3. The molecule has 2 bridgehead atoms. The number of hydrogen-bond donors (Lipinski definition) is 1. The number of rotatable bonds is 7. The molecular formula is C28H28N2O5. The summed E-state index contributed by atoms with van der Waals surface area (Å²) >= 11 is 0. The molecule has 1 heterocycles. The molecule has 0 unspecified atom stereocenters. The number of ether oxygens (including phenoxy) is 2. The highest BCUT2D eigenvalue weighted by Gasteiger charge is 2.67. The average molecular weight is 473 g/mol. The first-order chi connectivity index (χ1) is 17.0. The molecule has 1 N–H and O–H groups in total. The first-order valence-electron chi connectivity index (χ1n) is 12.1. The van der Waals surface area contributed by atoms with Crippen molar-refractivity contribution >= 4 is 23.4 Å². The maximum absolute atomic E-state index is 13.8. The van der Waals surface area contributed by atoms with Crippen LogP contribution < -0.4 is 14.8 Å². The van der Waals surface area contributed by atoms with E-state index in [0.717, 1.165) is 12.0 Å². The Balaban J connectivity index is 1.34. The zero-order valence-electron chi connectivity index (χ0n) is 19.7. The monoisotopic (exact) mass is 472 g/mol. The van der Waals surface area contributed by atoms with Crippen molar-refractivity contribution in [1.29, 1.82) is 0 Å². The largest absolute Gasteiger partial charge is 0.497 e. The maximum atomic E-state index is 13.8. The predicted molar refractivity (Wildman–Crippen MR) is 129 cm³/mol. The van der Waals surface area contributed by atoms with Crippen LogP contribution in [0.1, 0.15) is 12.0 Å². The maximum Gasteiger partial charge on any atom is 0.248 e. The van der Waals surface area contributed by atoms with Gasteiger partial charge in [0.1, 0.15) is 17.5 Å². The average Bonchev–Trinajstić information content (AvgIpc) is 3.66. The fourth-order valence-electron chi connectivity index (χ4n) is 6.55. The smallest absolute Gasteiger partial charge is 0.248 e. The van der Waals surface area contributed by atoms with E-state index < -0.39 is 11.9 Å². The first-order valence-corrected chi connectivity index (χ1v) is 12.1. The van der Waals surface area contributed by atoms with Crippen LogP contribution in [0.5, 0.6) is 11.5 Å². The highest BCUT2D eigenvalue weighted by Crippen LogP contribution is 2.65. The zero-order valence-corrected chi connectivity index (χ0v) is 19.7. The summed E-state index contributed by atoms with van der Waals surface area (Å²) in [7, 11) is 3.06. The summed E-state index contributed by atoms with van der Waals surface area (Å²) in [4.78, 5) is 42.5. The number of amides is 3. The number of nitrogens with one attached hydrogen (secondary N) is 1. The molecule has 5 aliphatic rings. The standard InChI is InChI=1S/C28H28N2O5/c1-34-16-8-11-23(35-2)21(13-16)29-26(31)22(12-15-6-4-3-5-7-15)30-27(32)24-17-9-10-18(20-14-19(17)20)25(24)28(30)33/h3-11,13,17-20,22,24-25H,12,14H2,1-2H3,(H,29,31)/t17-,18-,19-,20-,22-,24-,25+/m0/s1. The van der Waals surface area contributed by atoms with E-state index in [0.29, 0.717) is 29.0 Å². The van der Waals surface area contributed by atoms with Crippen LogP contribution in [0.3, 0.4) is 0 Å². The van der Waals surface area contributed by atoms with E-state index in [-0.39, 0.29) is 41.9 Å². The van der Waals surface area contributed by atoms with E-state index in [1.54, 1.807) is 25.3 Å². The van der Waals surface area contributed by atoms with E-state index in [1.165, 1.54) is 12.0 Å². The Morgan fingerprint density at radius 2 is 1.63 bits per heavy atom. The van der Waals surface area contributed by atoms with Gasteiger partial charge in [-0.05, 0) is 47.8 Å². The minimum atomic E-state index is -0.963. The second kappa shape index (κ2) is 8.26. The molecule has 0 spiro atoms. The summed E-state index contributed by atoms with van der Waals surface area (Å²) in [5, 5.41) is 2.91. The van der Waals surface area contributed by atoms with E-state index in [1.807, 2.05) is 30.3 Å². The van der Waals surface area contributed by atoms with Crippen molar-refractivity contribution < 1.29 is 23.9 Å². The van der Waals surface area contributed by atoms with Crippen LogP contribution >= 0.6 is 0 Å². The first kappa shape index (κ1) is 21.9. The number of hydrogen-bond acceptors (Lipinski definition) is 5. The number of likely N-dealkylation sites (tertiary alicyclic amines) is 1. The van der Waals surface area contributed by atoms with Gasteiger partial charge in [-0.1, -0.05) is 42.5 Å². The molecule has 7 nitrogen and oxygen atoms in total. The van der Waals surface area contributed by atoms with Crippen LogP contribution in [-0.4, -0.2) is 42.9 Å². The van der Waals surface area contributed by atoms with E-state index in [2.05, 4.69) is 17.5 Å². The number of allylic oxidation sites excluding steroid dienone is 2. The Labute approximate surface area is 204 Å². The van der Waals surface area contributed by atoms with Crippen molar-refractivity contribution in [1.82, 2.24) is 4.90 Å². The molecule has 2 saturated carbocycles. The van der Waals surface area contributed by atoms with Crippen LogP contribution in [0.15, 0.2) is 60.7 Å². The van der Waals surface area contributed by atoms with Gasteiger partial charge in [-0.15, -0.1) is 0 Å². The molecule has 2 aromatic carbocycles. The second-order valence-electron chi connectivity index (χ2n) is 9.96. The number of imide groups is 1. The summed E-state index contributed by atoms with van der Waals surface area (Å²) in [6.45, 7) is 0. The normalized spacial score (nSPS) is 30.5. The van der Waals surface area contributed by atoms with Gasteiger partial charge in [-0.25, -0.2) is 0 Å². The number of anilines is 1. The van der Waals surface area contributed by atoms with Crippen molar-refractivity contribution in [3.05, 3.63) is 66.2 Å². The highest BCUT2D eigenvalue weighted by molar-refractivity contribution is 6.11. The van der Waals surface area contributed by atoms with Crippen molar-refractivity contribution in [2.75, 3.05) is 19.5 Å². The molecule has 7 atom stereocenters. The molecule has 3 fully saturated rings. The number of nitrogens with zero attached hydrogens (tertiary/aromatic N) is 1. The summed E-state index contributed by atoms with van der Waals surface area (Å²) in [6.07, 6.45) is 5.62. The Hall–Kier alpha value is -3.61. The highest BCUT2D eigenvalue weighted by atomic mass is 16.5. The van der Waals surface area contributed by atoms with Crippen molar-refractivity contribution in [3.63, 3.8) is 0 Å². The minimum Gasteiger partial charge on any atom is -0.497 e. The summed E-state index contributed by atoms with van der Waals surface area (Å²) in [5.41, 5.74) is 1.30. The van der Waals surface area contributed by atoms with Gasteiger partial charge in [0, 0.05) is 12.5 Å². The van der Waals surface area contributed by atoms with Crippen LogP contribution in [-0.2, 0) is 20.8 Å². The zero-order chi connectivity index (χ0) is 24.3. The summed E-state index contributed by atoms with van der Waals surface area (Å²) in [6, 6.07) is 13.6. The molecule has 4 aliphatic carbocycles. The lowest BCUT2D eigenvalue weighted by molar-refractivity contribution is -0.146. The van der Waals surface area contributed by atoms with Crippen molar-refractivity contribution in [2.24, 2.45) is 35.5 Å². The van der Waals surface area contributed by atoms with Gasteiger partial charge < -0.3 is 14.8 Å². The third-order valence-electron chi connectivity index (χ3n) is 8.25. The molecule has 0 radical (unpaired) electrons. The van der Waals surface area contributed by atoms with Crippen molar-refractivity contribution in [2.45, 2.75) is 18.9 Å². The Morgan fingerprint density at radius 1 is 0.971 bits per heavy atom. The van der Waals surface area contributed by atoms with Crippen LogP contribution in [0.25, 0.3) is 0 Å². The number of carbonyl (C=O) groups excluding carboxylic acids is 3. The molecule has 7 heteroatoms. The number of methoxy groups -OCH3 is 2. The Kier molecular flexibility index (Phi) is 5.16. The van der Waals surface area contributed by atoms with Gasteiger partial charge in [-0.3, -0.25) is 19.3 Å². The molecule has 35 heavy (non-hydrogen) atoms. The van der Waals surface area contributed by atoms with E-state index in [9.17, 15) is 14.4 Å². The molecule has 1 aliphatic heterocycles. The van der Waals surface area contributed by atoms with E-state index >= 15 is 0 Å². The van der Waals surface area contributed by atoms with Crippen LogP contribution in [0.4, 0.5) is 5.69 Å². The van der Waals surface area contributed by atoms with E-state index in [4.69, 9.17) is 9.47 Å². The van der Waals surface area contributed by atoms with Gasteiger partial charge in [-0.2, -0.15) is 0 Å². The lowest BCUT2D eigenvalue weighted by atomic mass is 9.63. The van der Waals surface area contributed by atoms with Gasteiger partial charge in [0.05, 0.1) is 31.7 Å². The van der Waals surface area contributed by atoms with Crippen molar-refractivity contribution in [3.8, 4) is 11.5 Å². The Morgan fingerprint density at radius 3 is 2.23 bits per heavy atom. The molecular weight excluding hydrogens is 444 g/mol. The predicted octanol–water partition coefficient (Wildman–Crippen LogP) is 3.31. The molecule has 180 valence electrons. The molecule has 3 amide bonds. The third-order valence-corrected chi connectivity index (χ3v) is 8.25. The Bertz CT molecular complexity index is 1190. The van der Waals surface area contributed by atoms with Gasteiger partial charge in [0.25, 0.3) is 0 Å². The summed E-state index contributed by atoms with van der Waals surface area (Å²) < 4.78 is 10.7. The molecule has 2 aromatic rings. The fraction of sp³-hybridized carbons (Fsp3) is 0.393. The summed E-state index contributed by atoms with van der Waals surface area (Å²) in [5.74, 6) is 0.705. The molecule has 1 saturated heterocycles. The SMILES string of the molecule is COc1ccc(OC)c(NC(=O)[C@H](Cc2ccccc2)N2C(=O)[C@@H]3[C@H]4C=C[C@@H]([C@@H]5C[C@@H]45)[C@@H]3C2=O)c1. The lowest BCUT2D eigenvalue weighted by Gasteiger charge is -2.37. The lowest BCUT2D eigenvalue weighted by Crippen LogP contribution is -2.49. The second-order valence-corrected chi connectivity index (χ2v) is 9.96. The van der Waals surface area contributed by atoms with Gasteiger partial charge >= 0.3 is 0 Å². The van der Waals surface area contributed by atoms with Gasteiger partial charge in [0.15, 0.2) is 0 Å². The van der Waals surface area contributed by atoms with Gasteiger partial charge in [0.2, 0.25) is 17.7 Å². The minimum absolute atomic E-state index is 0.107. The third kappa shape index (κ3) is 3.44. The molecule has 7 rings (SSSR count). The molecule has 0 aromatic heterocycles. The topological polar surface area (TPSA) is 84.9 Å². The van der Waals surface area contributed by atoms with Crippen LogP contribution in [0.2, 0.25) is 0 Å².